The number of hydrogen-bond acceptors (Lipinski definition) is 2. The second-order valence-electron chi connectivity index (χ2n) is 6.28. The molecule has 0 heterocycles. The van der Waals surface area contributed by atoms with Gasteiger partial charge in [-0.15, -0.1) is 0 Å². The minimum absolute atomic E-state index is 0.161. The van der Waals surface area contributed by atoms with Crippen LogP contribution in [-0.4, -0.2) is 12.1 Å². The van der Waals surface area contributed by atoms with Crippen molar-refractivity contribution >= 4 is 0 Å². The number of hydrogen-bond donors (Lipinski definition) is 1. The van der Waals surface area contributed by atoms with Gasteiger partial charge in [0.25, 0.3) is 0 Å². The summed E-state index contributed by atoms with van der Waals surface area (Å²) in [6.07, 6.45) is 4.67. The van der Waals surface area contributed by atoms with Crippen molar-refractivity contribution < 1.29 is 9.13 Å². The maximum Gasteiger partial charge on any atom is 0.165 e. The van der Waals surface area contributed by atoms with Gasteiger partial charge in [0.05, 0.1) is 6.10 Å². The third-order valence-corrected chi connectivity index (χ3v) is 3.92. The minimum atomic E-state index is -0.244. The van der Waals surface area contributed by atoms with Crippen LogP contribution in [0.25, 0.3) is 0 Å². The van der Waals surface area contributed by atoms with Crippen molar-refractivity contribution in [2.75, 3.05) is 0 Å². The molecule has 0 aliphatic heterocycles. The Morgan fingerprint density at radius 1 is 1.35 bits per heavy atom. The highest BCUT2D eigenvalue weighted by atomic mass is 19.1. The van der Waals surface area contributed by atoms with Gasteiger partial charge in [0.15, 0.2) is 11.6 Å². The third kappa shape index (κ3) is 4.20. The first-order valence-electron chi connectivity index (χ1n) is 7.73. The van der Waals surface area contributed by atoms with Crippen LogP contribution in [-0.2, 0) is 6.54 Å². The van der Waals surface area contributed by atoms with Crippen molar-refractivity contribution in [3.05, 3.63) is 29.6 Å². The zero-order valence-corrected chi connectivity index (χ0v) is 12.8. The summed E-state index contributed by atoms with van der Waals surface area (Å²) in [5.74, 6) is 0.879. The van der Waals surface area contributed by atoms with Crippen molar-refractivity contribution in [2.45, 2.75) is 65.1 Å². The smallest absolute Gasteiger partial charge is 0.165 e. The summed E-state index contributed by atoms with van der Waals surface area (Å²) in [5, 5.41) is 3.33. The number of halogens is 1. The fourth-order valence-electron chi connectivity index (χ4n) is 2.79. The lowest BCUT2D eigenvalue weighted by atomic mass is 9.88. The van der Waals surface area contributed by atoms with Gasteiger partial charge in [0.2, 0.25) is 0 Å². The van der Waals surface area contributed by atoms with Gasteiger partial charge in [-0.3, -0.25) is 0 Å². The molecular formula is C17H26FNO. The molecule has 2 unspecified atom stereocenters. The lowest BCUT2D eigenvalue weighted by molar-refractivity contribution is 0.122. The average molecular weight is 279 g/mol. The van der Waals surface area contributed by atoms with E-state index in [2.05, 4.69) is 26.1 Å². The molecule has 1 aromatic rings. The van der Waals surface area contributed by atoms with Gasteiger partial charge in [-0.1, -0.05) is 39.3 Å². The van der Waals surface area contributed by atoms with E-state index in [9.17, 15) is 4.39 Å². The molecule has 20 heavy (non-hydrogen) atoms. The summed E-state index contributed by atoms with van der Waals surface area (Å²) < 4.78 is 20.1. The Bertz CT molecular complexity index is 433. The molecule has 1 aliphatic carbocycles. The highest BCUT2D eigenvalue weighted by Crippen LogP contribution is 2.30. The largest absolute Gasteiger partial charge is 0.487 e. The fourth-order valence-corrected chi connectivity index (χ4v) is 2.79. The number of para-hydroxylation sites is 1. The van der Waals surface area contributed by atoms with Crippen LogP contribution in [0.15, 0.2) is 18.2 Å². The van der Waals surface area contributed by atoms with E-state index >= 15 is 0 Å². The molecule has 2 atom stereocenters. The summed E-state index contributed by atoms with van der Waals surface area (Å²) in [6.45, 7) is 7.07. The normalized spacial score (nSPS) is 23.1. The molecular weight excluding hydrogens is 253 g/mol. The zero-order valence-electron chi connectivity index (χ0n) is 12.8. The molecule has 1 aromatic carbocycles. The van der Waals surface area contributed by atoms with Crippen molar-refractivity contribution in [1.29, 1.82) is 0 Å². The average Bonchev–Trinajstić information content (AvgIpc) is 2.39. The Morgan fingerprint density at radius 3 is 2.85 bits per heavy atom. The third-order valence-electron chi connectivity index (χ3n) is 3.92. The van der Waals surface area contributed by atoms with Crippen LogP contribution in [0, 0.1) is 11.7 Å². The van der Waals surface area contributed by atoms with E-state index < -0.39 is 0 Å². The van der Waals surface area contributed by atoms with E-state index in [1.807, 2.05) is 6.07 Å². The first-order chi connectivity index (χ1) is 9.56. The van der Waals surface area contributed by atoms with E-state index in [0.717, 1.165) is 18.4 Å². The van der Waals surface area contributed by atoms with Crippen molar-refractivity contribution in [3.8, 4) is 5.75 Å². The first-order valence-corrected chi connectivity index (χ1v) is 7.73. The monoisotopic (exact) mass is 279 g/mol. The van der Waals surface area contributed by atoms with Crippen LogP contribution in [0.5, 0.6) is 5.75 Å². The topological polar surface area (TPSA) is 21.3 Å². The predicted molar refractivity (Wildman–Crippen MR) is 80.4 cm³/mol. The van der Waals surface area contributed by atoms with E-state index in [0.29, 0.717) is 24.3 Å². The predicted octanol–water partition coefficient (Wildman–Crippen LogP) is 4.28. The summed E-state index contributed by atoms with van der Waals surface area (Å²) in [4.78, 5) is 0. The van der Waals surface area contributed by atoms with Gasteiger partial charge < -0.3 is 10.1 Å². The quantitative estimate of drug-likeness (QED) is 0.868. The Hall–Kier alpha value is -1.09. The molecule has 1 N–H and O–H groups in total. The molecule has 1 fully saturated rings. The number of nitrogens with one attached hydrogen (secondary N) is 1. The molecule has 3 heteroatoms. The second kappa shape index (κ2) is 7.07. The van der Waals surface area contributed by atoms with E-state index in [-0.39, 0.29) is 11.9 Å². The Morgan fingerprint density at radius 2 is 2.15 bits per heavy atom. The van der Waals surface area contributed by atoms with Crippen LogP contribution >= 0.6 is 0 Å². The van der Waals surface area contributed by atoms with Gasteiger partial charge in [0.1, 0.15) is 0 Å². The van der Waals surface area contributed by atoms with Crippen LogP contribution in [0.1, 0.15) is 52.0 Å². The van der Waals surface area contributed by atoms with Crippen LogP contribution in [0.3, 0.4) is 0 Å². The molecule has 0 spiro atoms. The second-order valence-corrected chi connectivity index (χ2v) is 6.28. The van der Waals surface area contributed by atoms with Gasteiger partial charge in [0, 0.05) is 18.2 Å². The molecule has 2 nitrogen and oxygen atoms in total. The number of ether oxygens (including phenoxy) is 1. The molecule has 1 aliphatic rings. The molecule has 0 saturated heterocycles. The summed E-state index contributed by atoms with van der Waals surface area (Å²) in [5.41, 5.74) is 0.914. The summed E-state index contributed by atoms with van der Waals surface area (Å²) in [6, 6.07) is 5.56. The lowest BCUT2D eigenvalue weighted by Gasteiger charge is -2.28. The maximum atomic E-state index is 14.1. The SMILES string of the molecule is CC1CCCC(Oc2c(F)cccc2CNC(C)C)C1. The highest BCUT2D eigenvalue weighted by Gasteiger charge is 2.22. The van der Waals surface area contributed by atoms with Crippen LogP contribution in [0.4, 0.5) is 4.39 Å². The van der Waals surface area contributed by atoms with Crippen LogP contribution < -0.4 is 10.1 Å². The molecule has 0 bridgehead atoms. The molecule has 1 saturated carbocycles. The van der Waals surface area contributed by atoms with Crippen molar-refractivity contribution in [1.82, 2.24) is 5.32 Å². The zero-order chi connectivity index (χ0) is 14.5. The molecule has 0 radical (unpaired) electrons. The van der Waals surface area contributed by atoms with Crippen LogP contribution in [0.2, 0.25) is 0 Å². The van der Waals surface area contributed by atoms with Crippen molar-refractivity contribution in [2.24, 2.45) is 5.92 Å². The highest BCUT2D eigenvalue weighted by molar-refractivity contribution is 5.35. The van der Waals surface area contributed by atoms with Gasteiger partial charge in [-0.2, -0.15) is 0 Å². The van der Waals surface area contributed by atoms with E-state index in [1.165, 1.54) is 18.9 Å². The summed E-state index contributed by atoms with van der Waals surface area (Å²) >= 11 is 0. The van der Waals surface area contributed by atoms with Crippen molar-refractivity contribution in [3.63, 3.8) is 0 Å². The lowest BCUT2D eigenvalue weighted by Crippen LogP contribution is -2.26. The van der Waals surface area contributed by atoms with E-state index in [4.69, 9.17) is 4.74 Å². The Balaban J connectivity index is 2.08. The fraction of sp³-hybridized carbons (Fsp3) is 0.647. The molecule has 0 aromatic heterocycles. The van der Waals surface area contributed by atoms with E-state index in [1.54, 1.807) is 6.07 Å². The van der Waals surface area contributed by atoms with Gasteiger partial charge in [-0.25, -0.2) is 4.39 Å². The first kappa shape index (κ1) is 15.3. The molecule has 0 amide bonds. The van der Waals surface area contributed by atoms with Gasteiger partial charge >= 0.3 is 0 Å². The molecule has 2 rings (SSSR count). The number of benzene rings is 1. The summed E-state index contributed by atoms with van der Waals surface area (Å²) in [7, 11) is 0. The minimum Gasteiger partial charge on any atom is -0.487 e. The Kier molecular flexibility index (Phi) is 5.41. The van der Waals surface area contributed by atoms with Gasteiger partial charge in [-0.05, 0) is 31.2 Å². The Labute approximate surface area is 121 Å². The standard InChI is InChI=1S/C17H26FNO/c1-12(2)19-11-14-7-5-9-16(18)17(14)20-15-8-4-6-13(3)10-15/h5,7,9,12-13,15,19H,4,6,8,10-11H2,1-3H3. The number of rotatable bonds is 5. The maximum absolute atomic E-state index is 14.1. The molecule has 112 valence electrons.